The Hall–Kier alpha value is -3.17. The van der Waals surface area contributed by atoms with E-state index in [0.717, 1.165) is 27.5 Å². The summed E-state index contributed by atoms with van der Waals surface area (Å²) in [7, 11) is -2.07. The lowest BCUT2D eigenvalue weighted by Gasteiger charge is -2.12. The van der Waals surface area contributed by atoms with Gasteiger partial charge in [0.25, 0.3) is 10.0 Å². The lowest BCUT2D eigenvalue weighted by Crippen LogP contribution is -2.20. The molecule has 1 N–H and O–H groups in total. The van der Waals surface area contributed by atoms with Crippen LogP contribution in [0.15, 0.2) is 65.1 Å². The van der Waals surface area contributed by atoms with Crippen molar-refractivity contribution in [1.82, 2.24) is 9.38 Å². The van der Waals surface area contributed by atoms with Crippen LogP contribution in [0.5, 0.6) is 0 Å². The third-order valence-electron chi connectivity index (χ3n) is 4.96. The van der Waals surface area contributed by atoms with Crippen molar-refractivity contribution in [2.75, 3.05) is 16.7 Å². The molecule has 1 aliphatic rings. The fourth-order valence-electron chi connectivity index (χ4n) is 3.40. The summed E-state index contributed by atoms with van der Waals surface area (Å²) in [6.07, 6.45) is 4.10. The number of benzene rings is 2. The number of carbonyl (C=O) groups excluding carboxylic acids is 1. The maximum atomic E-state index is 12.8. The number of anilines is 2. The SMILES string of the molecule is CN1C(=O)Cc2cc(S(=O)(=O)Nc3ccc(-c4cn5ccsc5n4)cc3)ccc21. The highest BCUT2D eigenvalue weighted by atomic mass is 32.2. The van der Waals surface area contributed by atoms with Crippen molar-refractivity contribution in [2.24, 2.45) is 0 Å². The van der Waals surface area contributed by atoms with E-state index in [4.69, 9.17) is 0 Å². The molecule has 9 heteroatoms. The number of likely N-dealkylation sites (N-methyl/N-ethyl adjacent to an activating group) is 1. The number of hydrogen-bond donors (Lipinski definition) is 1. The molecule has 5 rings (SSSR count). The van der Waals surface area contributed by atoms with Crippen molar-refractivity contribution in [3.05, 3.63) is 65.8 Å². The zero-order valence-corrected chi connectivity index (χ0v) is 17.0. The van der Waals surface area contributed by atoms with Crippen molar-refractivity contribution in [3.63, 3.8) is 0 Å². The number of sulfonamides is 1. The van der Waals surface area contributed by atoms with Crippen molar-refractivity contribution in [1.29, 1.82) is 0 Å². The molecule has 146 valence electrons. The molecular formula is C20H16N4O3S2. The Morgan fingerprint density at radius 3 is 2.69 bits per heavy atom. The van der Waals surface area contributed by atoms with Gasteiger partial charge in [0.1, 0.15) is 0 Å². The van der Waals surface area contributed by atoms with Crippen LogP contribution in [0.4, 0.5) is 11.4 Å². The summed E-state index contributed by atoms with van der Waals surface area (Å²) >= 11 is 1.56. The monoisotopic (exact) mass is 424 g/mol. The lowest BCUT2D eigenvalue weighted by atomic mass is 10.1. The van der Waals surface area contributed by atoms with Gasteiger partial charge in [0.05, 0.1) is 17.0 Å². The minimum absolute atomic E-state index is 0.0442. The van der Waals surface area contributed by atoms with E-state index in [0.29, 0.717) is 5.69 Å². The average Bonchev–Trinajstić information content (AvgIpc) is 3.36. The van der Waals surface area contributed by atoms with E-state index in [2.05, 4.69) is 9.71 Å². The number of carbonyl (C=O) groups is 1. The second kappa shape index (κ2) is 6.43. The summed E-state index contributed by atoms with van der Waals surface area (Å²) < 4.78 is 30.1. The molecule has 0 saturated carbocycles. The number of rotatable bonds is 4. The van der Waals surface area contributed by atoms with Gasteiger partial charge < -0.3 is 4.90 Å². The smallest absolute Gasteiger partial charge is 0.261 e. The van der Waals surface area contributed by atoms with Crippen molar-refractivity contribution >= 4 is 43.6 Å². The molecule has 0 bridgehead atoms. The van der Waals surface area contributed by atoms with Gasteiger partial charge in [-0.1, -0.05) is 12.1 Å². The Labute approximate surface area is 171 Å². The standard InChI is InChI=1S/C20H16N4O3S2/c1-23-18-7-6-16(10-14(18)11-19(23)25)29(26,27)22-15-4-2-13(3-5-15)17-12-24-8-9-28-20(24)21-17/h2-10,12,22H,11H2,1H3. The Morgan fingerprint density at radius 2 is 1.93 bits per heavy atom. The maximum absolute atomic E-state index is 12.8. The molecule has 0 radical (unpaired) electrons. The molecule has 1 aliphatic heterocycles. The van der Waals surface area contributed by atoms with Gasteiger partial charge in [0, 0.05) is 41.8 Å². The zero-order valence-electron chi connectivity index (χ0n) is 15.4. The lowest BCUT2D eigenvalue weighted by molar-refractivity contribution is -0.117. The number of aromatic nitrogens is 2. The number of thiazole rings is 1. The zero-order chi connectivity index (χ0) is 20.2. The Morgan fingerprint density at radius 1 is 1.14 bits per heavy atom. The van der Waals surface area contributed by atoms with Crippen molar-refractivity contribution in [2.45, 2.75) is 11.3 Å². The molecule has 1 amide bonds. The molecular weight excluding hydrogens is 408 g/mol. The molecule has 0 aliphatic carbocycles. The van der Waals surface area contributed by atoms with E-state index in [1.165, 1.54) is 11.0 Å². The van der Waals surface area contributed by atoms with Crippen LogP contribution in [0.1, 0.15) is 5.56 Å². The second-order valence-electron chi connectivity index (χ2n) is 6.82. The molecule has 3 heterocycles. The molecule has 0 spiro atoms. The van der Waals surface area contributed by atoms with Gasteiger partial charge >= 0.3 is 0 Å². The highest BCUT2D eigenvalue weighted by Crippen LogP contribution is 2.30. The van der Waals surface area contributed by atoms with E-state index in [1.807, 2.05) is 34.3 Å². The summed E-state index contributed by atoms with van der Waals surface area (Å²) in [6.45, 7) is 0. The summed E-state index contributed by atoms with van der Waals surface area (Å²) in [5.74, 6) is -0.0442. The van der Waals surface area contributed by atoms with E-state index < -0.39 is 10.0 Å². The molecule has 4 aromatic rings. The van der Waals surface area contributed by atoms with Crippen LogP contribution in [-0.4, -0.2) is 30.8 Å². The molecule has 7 nitrogen and oxygen atoms in total. The number of imidazole rings is 1. The Bertz CT molecular complexity index is 1330. The third-order valence-corrected chi connectivity index (χ3v) is 7.11. The van der Waals surface area contributed by atoms with Gasteiger partial charge in [-0.05, 0) is 35.9 Å². The predicted octanol–water partition coefficient (Wildman–Crippen LogP) is 3.38. The molecule has 0 fully saturated rings. The molecule has 29 heavy (non-hydrogen) atoms. The fourth-order valence-corrected chi connectivity index (χ4v) is 5.21. The summed E-state index contributed by atoms with van der Waals surface area (Å²) in [6, 6.07) is 11.8. The van der Waals surface area contributed by atoms with Gasteiger partial charge in [0.2, 0.25) is 5.91 Å². The van der Waals surface area contributed by atoms with Crippen LogP contribution in [0, 0.1) is 0 Å². The van der Waals surface area contributed by atoms with Gasteiger partial charge in [-0.25, -0.2) is 13.4 Å². The quantitative estimate of drug-likeness (QED) is 0.544. The first-order chi connectivity index (χ1) is 13.9. The number of amides is 1. The van der Waals surface area contributed by atoms with E-state index in [1.54, 1.807) is 42.6 Å². The summed E-state index contributed by atoms with van der Waals surface area (Å²) in [5.41, 5.74) is 3.67. The van der Waals surface area contributed by atoms with Gasteiger partial charge in [-0.3, -0.25) is 13.9 Å². The minimum Gasteiger partial charge on any atom is -0.315 e. The van der Waals surface area contributed by atoms with Crippen LogP contribution >= 0.6 is 11.3 Å². The first-order valence-corrected chi connectivity index (χ1v) is 11.2. The predicted molar refractivity (Wildman–Crippen MR) is 113 cm³/mol. The van der Waals surface area contributed by atoms with Crippen LogP contribution in [-0.2, 0) is 21.2 Å². The van der Waals surface area contributed by atoms with Crippen molar-refractivity contribution < 1.29 is 13.2 Å². The molecule has 2 aromatic heterocycles. The highest BCUT2D eigenvalue weighted by Gasteiger charge is 2.26. The highest BCUT2D eigenvalue weighted by molar-refractivity contribution is 7.92. The normalized spacial score (nSPS) is 13.8. The fraction of sp³-hybridized carbons (Fsp3) is 0.100. The van der Waals surface area contributed by atoms with Gasteiger partial charge in [-0.15, -0.1) is 11.3 Å². The van der Waals surface area contributed by atoms with E-state index in [-0.39, 0.29) is 17.2 Å². The topological polar surface area (TPSA) is 83.8 Å². The molecule has 0 atom stereocenters. The van der Waals surface area contributed by atoms with Gasteiger partial charge in [-0.2, -0.15) is 0 Å². The molecule has 0 saturated heterocycles. The number of nitrogens with zero attached hydrogens (tertiary/aromatic N) is 3. The van der Waals surface area contributed by atoms with E-state index >= 15 is 0 Å². The van der Waals surface area contributed by atoms with Crippen LogP contribution in [0.2, 0.25) is 0 Å². The minimum atomic E-state index is -3.76. The Balaban J connectivity index is 1.39. The second-order valence-corrected chi connectivity index (χ2v) is 9.38. The Kier molecular flexibility index (Phi) is 3.97. The molecule has 0 unspecified atom stereocenters. The maximum Gasteiger partial charge on any atom is 0.261 e. The first-order valence-electron chi connectivity index (χ1n) is 8.86. The summed E-state index contributed by atoms with van der Waals surface area (Å²) in [4.78, 5) is 19.0. The number of fused-ring (bicyclic) bond motifs is 2. The van der Waals surface area contributed by atoms with Crippen LogP contribution in [0.25, 0.3) is 16.2 Å². The van der Waals surface area contributed by atoms with Crippen LogP contribution < -0.4 is 9.62 Å². The van der Waals surface area contributed by atoms with Gasteiger partial charge in [0.15, 0.2) is 4.96 Å². The number of hydrogen-bond acceptors (Lipinski definition) is 5. The average molecular weight is 425 g/mol. The number of nitrogens with one attached hydrogen (secondary N) is 1. The molecule has 2 aromatic carbocycles. The van der Waals surface area contributed by atoms with Crippen LogP contribution in [0.3, 0.4) is 0 Å². The summed E-state index contributed by atoms with van der Waals surface area (Å²) in [5, 5.41) is 1.97. The largest absolute Gasteiger partial charge is 0.315 e. The van der Waals surface area contributed by atoms with Crippen molar-refractivity contribution in [3.8, 4) is 11.3 Å². The first kappa shape index (κ1) is 17.9. The third kappa shape index (κ3) is 3.08. The van der Waals surface area contributed by atoms with E-state index in [9.17, 15) is 13.2 Å².